The maximum Gasteiger partial charge on any atom is 0.240 e. The molecule has 128 valence electrons. The fourth-order valence-electron chi connectivity index (χ4n) is 2.38. The summed E-state index contributed by atoms with van der Waals surface area (Å²) in [6.07, 6.45) is 0.722. The lowest BCUT2D eigenvalue weighted by Crippen LogP contribution is -2.36. The van der Waals surface area contributed by atoms with Gasteiger partial charge in [-0.3, -0.25) is 4.79 Å². The molecule has 2 rings (SSSR count). The molecule has 23 heavy (non-hydrogen) atoms. The maximum atomic E-state index is 12.4. The number of rotatable bonds is 6. The molecule has 8 heteroatoms. The highest BCUT2D eigenvalue weighted by Crippen LogP contribution is 2.33. The molecule has 1 amide bonds. The van der Waals surface area contributed by atoms with Crippen molar-refractivity contribution >= 4 is 21.6 Å². The first-order valence-electron chi connectivity index (χ1n) is 7.50. The van der Waals surface area contributed by atoms with Crippen LogP contribution in [0.5, 0.6) is 5.75 Å². The van der Waals surface area contributed by atoms with Gasteiger partial charge in [0.1, 0.15) is 12.4 Å². The van der Waals surface area contributed by atoms with Gasteiger partial charge in [-0.25, -0.2) is 13.1 Å². The number of carbonyl (C=O) groups excluding carboxylic acids is 1. The summed E-state index contributed by atoms with van der Waals surface area (Å²) in [4.78, 5) is 15.4. The van der Waals surface area contributed by atoms with Gasteiger partial charge in [-0.05, 0) is 45.3 Å². The van der Waals surface area contributed by atoms with Gasteiger partial charge in [-0.2, -0.15) is 0 Å². The minimum absolute atomic E-state index is 0.136. The molecule has 1 aromatic carbocycles. The molecule has 0 aliphatic carbocycles. The zero-order valence-electron chi connectivity index (χ0n) is 13.7. The zero-order valence-corrected chi connectivity index (χ0v) is 14.5. The molecular formula is C15H23N3O4S. The smallest absolute Gasteiger partial charge is 0.240 e. The number of amides is 1. The van der Waals surface area contributed by atoms with E-state index in [0.29, 0.717) is 31.1 Å². The number of sulfonamides is 1. The van der Waals surface area contributed by atoms with Crippen molar-refractivity contribution in [1.82, 2.24) is 9.62 Å². The van der Waals surface area contributed by atoms with Gasteiger partial charge in [0.2, 0.25) is 15.9 Å². The van der Waals surface area contributed by atoms with Gasteiger partial charge in [0.25, 0.3) is 0 Å². The summed E-state index contributed by atoms with van der Waals surface area (Å²) < 4.78 is 32.8. The Balaban J connectivity index is 2.16. The third-order valence-corrected chi connectivity index (χ3v) is 5.02. The molecule has 1 aliphatic rings. The molecule has 0 spiro atoms. The molecule has 0 saturated carbocycles. The predicted molar refractivity (Wildman–Crippen MR) is 88.3 cm³/mol. The van der Waals surface area contributed by atoms with Crippen LogP contribution in [0.15, 0.2) is 23.1 Å². The van der Waals surface area contributed by atoms with Crippen molar-refractivity contribution in [3.8, 4) is 5.75 Å². The van der Waals surface area contributed by atoms with E-state index in [-0.39, 0.29) is 10.8 Å². The van der Waals surface area contributed by atoms with E-state index in [1.165, 1.54) is 24.0 Å². The molecule has 1 N–H and O–H groups in total. The van der Waals surface area contributed by atoms with E-state index >= 15 is 0 Å². The van der Waals surface area contributed by atoms with Crippen LogP contribution in [0.1, 0.15) is 13.3 Å². The summed E-state index contributed by atoms with van der Waals surface area (Å²) >= 11 is 0. The van der Waals surface area contributed by atoms with Crippen molar-refractivity contribution in [1.29, 1.82) is 0 Å². The summed E-state index contributed by atoms with van der Waals surface area (Å²) in [5.41, 5.74) is 0.500. The highest BCUT2D eigenvalue weighted by Gasteiger charge is 2.24. The van der Waals surface area contributed by atoms with Crippen LogP contribution in [-0.4, -0.2) is 59.6 Å². The van der Waals surface area contributed by atoms with Crippen molar-refractivity contribution < 1.29 is 17.9 Å². The topological polar surface area (TPSA) is 78.9 Å². The zero-order chi connectivity index (χ0) is 17.0. The maximum absolute atomic E-state index is 12.4. The van der Waals surface area contributed by atoms with Gasteiger partial charge < -0.3 is 14.5 Å². The Kier molecular flexibility index (Phi) is 5.61. The fourth-order valence-corrected chi connectivity index (χ4v) is 3.47. The van der Waals surface area contributed by atoms with Crippen LogP contribution in [-0.2, 0) is 14.8 Å². The van der Waals surface area contributed by atoms with Crippen LogP contribution in [0.3, 0.4) is 0 Å². The minimum atomic E-state index is -3.60. The Morgan fingerprint density at radius 2 is 2.13 bits per heavy atom. The van der Waals surface area contributed by atoms with Gasteiger partial charge in [0.15, 0.2) is 0 Å². The highest BCUT2D eigenvalue weighted by molar-refractivity contribution is 7.89. The standard InChI is InChI=1S/C15H23N3O4S/c1-12(19)18-9-10-22-15-6-5-13(11-14(15)18)23(20,21)16-7-4-8-17(2)3/h5-6,11,16H,4,7-10H2,1-3H3. The summed E-state index contributed by atoms with van der Waals surface area (Å²) in [7, 11) is 0.275. The molecule has 0 saturated heterocycles. The van der Waals surface area contributed by atoms with Crippen LogP contribution in [0, 0.1) is 0 Å². The van der Waals surface area contributed by atoms with Crippen LogP contribution < -0.4 is 14.4 Å². The fraction of sp³-hybridized carbons (Fsp3) is 0.533. The average Bonchev–Trinajstić information content (AvgIpc) is 2.50. The second kappa shape index (κ2) is 7.29. The van der Waals surface area contributed by atoms with Gasteiger partial charge >= 0.3 is 0 Å². The number of hydrogen-bond donors (Lipinski definition) is 1. The average molecular weight is 341 g/mol. The number of nitrogens with zero attached hydrogens (tertiary/aromatic N) is 2. The molecule has 0 bridgehead atoms. The first kappa shape index (κ1) is 17.7. The Morgan fingerprint density at radius 1 is 1.39 bits per heavy atom. The SMILES string of the molecule is CC(=O)N1CCOc2ccc(S(=O)(=O)NCCCN(C)C)cc21. The molecule has 1 heterocycles. The number of nitrogens with one attached hydrogen (secondary N) is 1. The lowest BCUT2D eigenvalue weighted by atomic mass is 10.2. The van der Waals surface area contributed by atoms with Crippen LogP contribution in [0.2, 0.25) is 0 Å². The molecule has 0 fully saturated rings. The van der Waals surface area contributed by atoms with Crippen LogP contribution in [0.4, 0.5) is 5.69 Å². The Labute approximate surface area is 137 Å². The van der Waals surface area contributed by atoms with E-state index in [4.69, 9.17) is 4.74 Å². The van der Waals surface area contributed by atoms with E-state index < -0.39 is 10.0 Å². The first-order valence-corrected chi connectivity index (χ1v) is 8.99. The largest absolute Gasteiger partial charge is 0.490 e. The van der Waals surface area contributed by atoms with Crippen molar-refractivity contribution in [2.24, 2.45) is 0 Å². The Bertz CT molecular complexity index is 673. The van der Waals surface area contributed by atoms with Crippen molar-refractivity contribution in [3.05, 3.63) is 18.2 Å². The second-order valence-electron chi connectivity index (χ2n) is 5.70. The van der Waals surface area contributed by atoms with Crippen molar-refractivity contribution in [2.45, 2.75) is 18.2 Å². The molecule has 1 aliphatic heterocycles. The van der Waals surface area contributed by atoms with Gasteiger partial charge in [0, 0.05) is 13.5 Å². The highest BCUT2D eigenvalue weighted by atomic mass is 32.2. The quantitative estimate of drug-likeness (QED) is 0.769. The number of fused-ring (bicyclic) bond motifs is 1. The Morgan fingerprint density at radius 3 is 2.78 bits per heavy atom. The van der Waals surface area contributed by atoms with Crippen LogP contribution >= 0.6 is 0 Å². The lowest BCUT2D eigenvalue weighted by Gasteiger charge is -2.29. The third-order valence-electron chi connectivity index (χ3n) is 3.56. The number of hydrogen-bond acceptors (Lipinski definition) is 5. The lowest BCUT2D eigenvalue weighted by molar-refractivity contribution is -0.116. The van der Waals surface area contributed by atoms with Crippen LogP contribution in [0.25, 0.3) is 0 Å². The van der Waals surface area contributed by atoms with Gasteiger partial charge in [0.05, 0.1) is 17.1 Å². The van der Waals surface area contributed by atoms with E-state index in [1.807, 2.05) is 19.0 Å². The number of carbonyl (C=O) groups is 1. The number of anilines is 1. The summed E-state index contributed by atoms with van der Waals surface area (Å²) in [6, 6.07) is 4.58. The number of benzene rings is 1. The van der Waals surface area contributed by atoms with E-state index in [2.05, 4.69) is 4.72 Å². The molecular weight excluding hydrogens is 318 g/mol. The summed E-state index contributed by atoms with van der Waals surface area (Å²) in [5.74, 6) is 0.390. The molecule has 0 atom stereocenters. The van der Waals surface area contributed by atoms with E-state index in [0.717, 1.165) is 13.0 Å². The van der Waals surface area contributed by atoms with Crippen molar-refractivity contribution in [2.75, 3.05) is 45.2 Å². The summed E-state index contributed by atoms with van der Waals surface area (Å²) in [5, 5.41) is 0. The monoisotopic (exact) mass is 341 g/mol. The minimum Gasteiger partial charge on any atom is -0.490 e. The Hall–Kier alpha value is -1.64. The normalized spacial score (nSPS) is 14.5. The van der Waals surface area contributed by atoms with Crippen molar-refractivity contribution in [3.63, 3.8) is 0 Å². The first-order chi connectivity index (χ1) is 10.8. The van der Waals surface area contributed by atoms with Gasteiger partial charge in [-0.1, -0.05) is 0 Å². The predicted octanol–water partition coefficient (Wildman–Crippen LogP) is 0.662. The molecule has 0 aromatic heterocycles. The van der Waals surface area contributed by atoms with E-state index in [9.17, 15) is 13.2 Å². The third kappa shape index (κ3) is 4.43. The number of ether oxygens (including phenoxy) is 1. The second-order valence-corrected chi connectivity index (χ2v) is 7.47. The molecule has 1 aromatic rings. The molecule has 0 unspecified atom stereocenters. The molecule has 7 nitrogen and oxygen atoms in total. The van der Waals surface area contributed by atoms with E-state index in [1.54, 1.807) is 6.07 Å². The molecule has 0 radical (unpaired) electrons. The summed E-state index contributed by atoms with van der Waals surface area (Å²) in [6.45, 7) is 3.45. The van der Waals surface area contributed by atoms with Gasteiger partial charge in [-0.15, -0.1) is 0 Å².